The fourth-order valence-corrected chi connectivity index (χ4v) is 1.70. The molecule has 3 atom stereocenters. The summed E-state index contributed by atoms with van der Waals surface area (Å²) in [5.41, 5.74) is -1.08. The second kappa shape index (κ2) is 5.80. The maximum absolute atomic E-state index is 11.4. The predicted molar refractivity (Wildman–Crippen MR) is 58.7 cm³/mol. The van der Waals surface area contributed by atoms with Gasteiger partial charge in [0.15, 0.2) is 0 Å². The van der Waals surface area contributed by atoms with E-state index in [9.17, 15) is 14.7 Å². The van der Waals surface area contributed by atoms with Crippen molar-refractivity contribution in [1.82, 2.24) is 9.55 Å². The minimum Gasteiger partial charge on any atom is -0.394 e. The predicted octanol–water partition coefficient (Wildman–Crippen LogP) is -2.20. The average Bonchev–Trinajstić information content (AvgIpc) is 2.59. The van der Waals surface area contributed by atoms with Gasteiger partial charge in [0.2, 0.25) is 0 Å². The van der Waals surface area contributed by atoms with Gasteiger partial charge in [-0.1, -0.05) is 0 Å². The van der Waals surface area contributed by atoms with Gasteiger partial charge in [0.05, 0.1) is 12.7 Å². The second-order valence-electron chi connectivity index (χ2n) is 3.63. The van der Waals surface area contributed by atoms with Gasteiger partial charge in [0, 0.05) is 42.6 Å². The molecular formula is C9H12N2O5Sn. The van der Waals surface area contributed by atoms with Crippen molar-refractivity contribution in [2.75, 3.05) is 6.61 Å². The summed E-state index contributed by atoms with van der Waals surface area (Å²) in [4.78, 5) is 24.3. The first-order valence-corrected chi connectivity index (χ1v) is 4.87. The Morgan fingerprint density at radius 2 is 2.24 bits per heavy atom. The van der Waals surface area contributed by atoms with Crippen molar-refractivity contribution in [2.45, 2.75) is 24.9 Å². The number of aromatic amines is 1. The van der Waals surface area contributed by atoms with E-state index in [2.05, 4.69) is 4.98 Å². The molecule has 92 valence electrons. The Hall–Kier alpha value is -0.641. The molecule has 4 radical (unpaired) electrons. The van der Waals surface area contributed by atoms with Crippen molar-refractivity contribution in [3.05, 3.63) is 33.1 Å². The molecule has 1 aliphatic heterocycles. The number of hydrogen-bond donors (Lipinski definition) is 3. The molecule has 8 heteroatoms. The number of aliphatic hydroxyl groups is 2. The minimum absolute atomic E-state index is 0. The zero-order valence-electron chi connectivity index (χ0n) is 8.87. The number of hydrogen-bond acceptors (Lipinski definition) is 5. The van der Waals surface area contributed by atoms with Gasteiger partial charge in [-0.3, -0.25) is 14.3 Å². The van der Waals surface area contributed by atoms with Crippen LogP contribution in [0.1, 0.15) is 12.6 Å². The molecule has 0 saturated carbocycles. The summed E-state index contributed by atoms with van der Waals surface area (Å²) in [5.74, 6) is 0. The molecule has 0 aliphatic carbocycles. The number of aliphatic hydroxyl groups excluding tert-OH is 2. The van der Waals surface area contributed by atoms with Crippen LogP contribution < -0.4 is 11.2 Å². The van der Waals surface area contributed by atoms with E-state index in [1.807, 2.05) is 0 Å². The van der Waals surface area contributed by atoms with E-state index in [0.29, 0.717) is 0 Å². The Labute approximate surface area is 113 Å². The number of aromatic nitrogens is 2. The van der Waals surface area contributed by atoms with Crippen molar-refractivity contribution < 1.29 is 14.9 Å². The summed E-state index contributed by atoms with van der Waals surface area (Å²) in [5, 5.41) is 18.4. The quantitative estimate of drug-likeness (QED) is 0.527. The van der Waals surface area contributed by atoms with Crippen molar-refractivity contribution >= 4 is 23.9 Å². The Bertz CT molecular complexity index is 485. The third-order valence-corrected chi connectivity index (χ3v) is 2.55. The fourth-order valence-electron chi connectivity index (χ4n) is 1.70. The van der Waals surface area contributed by atoms with Crippen LogP contribution in [0.15, 0.2) is 21.9 Å². The normalized spacial score (nSPS) is 27.8. The fraction of sp³-hybridized carbons (Fsp3) is 0.556. The van der Waals surface area contributed by atoms with E-state index in [1.54, 1.807) is 0 Å². The molecule has 2 heterocycles. The molecule has 7 nitrogen and oxygen atoms in total. The molecule has 0 bridgehead atoms. The Kier molecular flexibility index (Phi) is 4.92. The first kappa shape index (κ1) is 14.4. The largest absolute Gasteiger partial charge is 0.394 e. The van der Waals surface area contributed by atoms with E-state index < -0.39 is 29.7 Å². The molecule has 17 heavy (non-hydrogen) atoms. The number of nitrogens with one attached hydrogen (secondary N) is 1. The third kappa shape index (κ3) is 2.97. The molecule has 2 rings (SSSR count). The van der Waals surface area contributed by atoms with Gasteiger partial charge in [0.1, 0.15) is 12.3 Å². The van der Waals surface area contributed by atoms with Gasteiger partial charge < -0.3 is 14.9 Å². The van der Waals surface area contributed by atoms with Crippen molar-refractivity contribution in [3.8, 4) is 0 Å². The van der Waals surface area contributed by atoms with Crippen molar-refractivity contribution in [1.29, 1.82) is 0 Å². The van der Waals surface area contributed by atoms with Crippen LogP contribution >= 0.6 is 0 Å². The molecule has 1 saturated heterocycles. The molecule has 1 aromatic heterocycles. The van der Waals surface area contributed by atoms with Gasteiger partial charge in [-0.2, -0.15) is 0 Å². The molecule has 1 aromatic rings. The number of ether oxygens (including phenoxy) is 1. The SMILES string of the molecule is O=c1ccn([C@H]2C[C@H](O)[C@@H](CO)O2)c(=O)[nH]1.[Sn]. The van der Waals surface area contributed by atoms with Crippen LogP contribution in [0, 0.1) is 0 Å². The van der Waals surface area contributed by atoms with Crippen LogP contribution in [0.2, 0.25) is 0 Å². The van der Waals surface area contributed by atoms with Crippen LogP contribution in [0.3, 0.4) is 0 Å². The van der Waals surface area contributed by atoms with Gasteiger partial charge in [-0.25, -0.2) is 4.79 Å². The smallest absolute Gasteiger partial charge is 0.330 e. The summed E-state index contributed by atoms with van der Waals surface area (Å²) < 4.78 is 6.45. The van der Waals surface area contributed by atoms with Crippen molar-refractivity contribution in [2.24, 2.45) is 0 Å². The monoisotopic (exact) mass is 348 g/mol. The zero-order valence-corrected chi connectivity index (χ0v) is 11.7. The summed E-state index contributed by atoms with van der Waals surface area (Å²) in [6.07, 6.45) is -0.649. The standard InChI is InChI=1S/C9H12N2O5.Sn/c12-4-6-5(13)3-8(16-6)11-2-1-7(14)10-9(11)15;/h1-2,5-6,8,12-13H,3-4H2,(H,10,14,15);/t5-,6+,8+;/m0./s1. The maximum atomic E-state index is 11.4. The zero-order chi connectivity index (χ0) is 11.7. The molecule has 0 amide bonds. The molecule has 0 spiro atoms. The van der Waals surface area contributed by atoms with Crippen LogP contribution in [0.5, 0.6) is 0 Å². The molecule has 0 aromatic carbocycles. The summed E-state index contributed by atoms with van der Waals surface area (Å²) >= 11 is 0. The first-order chi connectivity index (χ1) is 7.61. The van der Waals surface area contributed by atoms with E-state index >= 15 is 0 Å². The van der Waals surface area contributed by atoms with Gasteiger partial charge >= 0.3 is 5.69 Å². The summed E-state index contributed by atoms with van der Waals surface area (Å²) in [6.45, 7) is -0.310. The van der Waals surface area contributed by atoms with Crippen molar-refractivity contribution in [3.63, 3.8) is 0 Å². The molecule has 1 aliphatic rings. The Morgan fingerprint density at radius 1 is 1.53 bits per heavy atom. The first-order valence-electron chi connectivity index (χ1n) is 4.87. The minimum atomic E-state index is -0.811. The van der Waals surface area contributed by atoms with Crippen LogP contribution in [-0.2, 0) is 4.74 Å². The van der Waals surface area contributed by atoms with Crippen LogP contribution in [0.25, 0.3) is 0 Å². The Morgan fingerprint density at radius 3 is 2.76 bits per heavy atom. The van der Waals surface area contributed by atoms with Gasteiger partial charge in [0.25, 0.3) is 5.56 Å². The molecule has 0 unspecified atom stereocenters. The van der Waals surface area contributed by atoms with E-state index in [0.717, 1.165) is 0 Å². The number of nitrogens with zero attached hydrogens (tertiary/aromatic N) is 1. The molecule has 1 fully saturated rings. The molecule has 3 N–H and O–H groups in total. The summed E-state index contributed by atoms with van der Waals surface area (Å²) in [6, 6.07) is 1.20. The Balaban J connectivity index is 0.00000144. The van der Waals surface area contributed by atoms with E-state index in [4.69, 9.17) is 9.84 Å². The topological polar surface area (TPSA) is 105 Å². The van der Waals surface area contributed by atoms with Gasteiger partial charge in [-0.15, -0.1) is 0 Å². The summed E-state index contributed by atoms with van der Waals surface area (Å²) in [7, 11) is 0. The number of rotatable bonds is 2. The second-order valence-corrected chi connectivity index (χ2v) is 3.63. The van der Waals surface area contributed by atoms with Gasteiger partial charge in [-0.05, 0) is 0 Å². The average molecular weight is 347 g/mol. The van der Waals surface area contributed by atoms with Crippen LogP contribution in [0.4, 0.5) is 0 Å². The number of H-pyrrole nitrogens is 1. The maximum Gasteiger partial charge on any atom is 0.330 e. The van der Waals surface area contributed by atoms with E-state index in [-0.39, 0.29) is 36.9 Å². The third-order valence-electron chi connectivity index (χ3n) is 2.55. The van der Waals surface area contributed by atoms with E-state index in [1.165, 1.54) is 16.8 Å². The molecular weight excluding hydrogens is 335 g/mol. The van der Waals surface area contributed by atoms with Crippen LogP contribution in [-0.4, -0.2) is 62.5 Å².